The van der Waals surface area contributed by atoms with Crippen molar-refractivity contribution >= 4 is 5.91 Å². The zero-order chi connectivity index (χ0) is 11.8. The molecule has 0 heterocycles. The number of carbonyl (C=O) groups excluding carboxylic acids is 1. The monoisotopic (exact) mass is 230 g/mol. The molecule has 1 aromatic rings. The van der Waals surface area contributed by atoms with Gasteiger partial charge < -0.3 is 10.6 Å². The van der Waals surface area contributed by atoms with Crippen LogP contribution in [0.5, 0.6) is 0 Å². The topological polar surface area (TPSA) is 46.3 Å². The van der Waals surface area contributed by atoms with E-state index < -0.39 is 0 Å². The maximum atomic E-state index is 11.9. The maximum Gasteiger partial charge on any atom is 0.236 e. The molecule has 17 heavy (non-hydrogen) atoms. The van der Waals surface area contributed by atoms with Crippen molar-refractivity contribution in [2.24, 2.45) is 5.73 Å². The fourth-order valence-electron chi connectivity index (χ4n) is 2.90. The first kappa shape index (κ1) is 10.8. The quantitative estimate of drug-likeness (QED) is 0.845. The molecule has 0 radical (unpaired) electrons. The molecule has 0 bridgehead atoms. The van der Waals surface area contributed by atoms with Gasteiger partial charge >= 0.3 is 0 Å². The van der Waals surface area contributed by atoms with Crippen molar-refractivity contribution in [2.45, 2.75) is 37.8 Å². The van der Waals surface area contributed by atoms with Crippen LogP contribution < -0.4 is 5.73 Å². The Labute approximate surface area is 102 Å². The molecular weight excluding hydrogens is 212 g/mol. The van der Waals surface area contributed by atoms with Crippen LogP contribution in [0.15, 0.2) is 24.3 Å². The van der Waals surface area contributed by atoms with E-state index >= 15 is 0 Å². The van der Waals surface area contributed by atoms with Crippen LogP contribution in [0.2, 0.25) is 0 Å². The number of hydrogen-bond donors (Lipinski definition) is 1. The Balaban J connectivity index is 1.79. The molecular formula is C14H18N2O. The third-order valence-corrected chi connectivity index (χ3v) is 3.83. The van der Waals surface area contributed by atoms with Gasteiger partial charge in [-0.2, -0.15) is 0 Å². The van der Waals surface area contributed by atoms with Gasteiger partial charge in [0.05, 0.1) is 6.54 Å². The Morgan fingerprint density at radius 3 is 2.24 bits per heavy atom. The predicted octanol–water partition coefficient (Wildman–Crippen LogP) is 1.10. The zero-order valence-corrected chi connectivity index (χ0v) is 9.93. The van der Waals surface area contributed by atoms with Crippen LogP contribution in [0.25, 0.3) is 0 Å². The van der Waals surface area contributed by atoms with Gasteiger partial charge in [0, 0.05) is 12.1 Å². The lowest BCUT2D eigenvalue weighted by atomic mass is 10.1. The van der Waals surface area contributed by atoms with Crippen LogP contribution in [0, 0.1) is 0 Å². The first-order chi connectivity index (χ1) is 8.29. The van der Waals surface area contributed by atoms with Crippen molar-refractivity contribution in [1.82, 2.24) is 4.90 Å². The largest absolute Gasteiger partial charge is 0.335 e. The highest BCUT2D eigenvalue weighted by Gasteiger charge is 2.38. The lowest BCUT2D eigenvalue weighted by Gasteiger charge is -2.28. The summed E-state index contributed by atoms with van der Waals surface area (Å²) < 4.78 is 0. The van der Waals surface area contributed by atoms with Crippen LogP contribution in [-0.2, 0) is 17.6 Å². The highest BCUT2D eigenvalue weighted by Crippen LogP contribution is 2.34. The summed E-state index contributed by atoms with van der Waals surface area (Å²) in [5.74, 6) is 0.116. The standard InChI is InChI=1S/C14H18N2O/c15-9-14(17)16(12-5-6-12)13-7-10-3-1-2-4-11(10)8-13/h1-4,12-13H,5-9,15H2. The summed E-state index contributed by atoms with van der Waals surface area (Å²) >= 11 is 0. The van der Waals surface area contributed by atoms with E-state index in [0.29, 0.717) is 12.1 Å². The Hall–Kier alpha value is -1.35. The van der Waals surface area contributed by atoms with Crippen molar-refractivity contribution in [2.75, 3.05) is 6.54 Å². The van der Waals surface area contributed by atoms with E-state index in [1.54, 1.807) is 0 Å². The van der Waals surface area contributed by atoms with Gasteiger partial charge in [-0.15, -0.1) is 0 Å². The van der Waals surface area contributed by atoms with Gasteiger partial charge in [0.1, 0.15) is 0 Å². The molecule has 1 amide bonds. The Morgan fingerprint density at radius 2 is 1.76 bits per heavy atom. The Kier molecular flexibility index (Phi) is 2.63. The Bertz CT molecular complexity index is 415. The van der Waals surface area contributed by atoms with Crippen LogP contribution in [0.4, 0.5) is 0 Å². The highest BCUT2D eigenvalue weighted by atomic mass is 16.2. The van der Waals surface area contributed by atoms with Crippen LogP contribution in [0.1, 0.15) is 24.0 Å². The third kappa shape index (κ3) is 1.95. The first-order valence-electron chi connectivity index (χ1n) is 6.37. The molecule has 1 saturated carbocycles. The summed E-state index contributed by atoms with van der Waals surface area (Å²) in [4.78, 5) is 14.0. The first-order valence-corrected chi connectivity index (χ1v) is 6.37. The minimum atomic E-state index is 0.116. The summed E-state index contributed by atoms with van der Waals surface area (Å²) in [6, 6.07) is 9.31. The number of nitrogens with zero attached hydrogens (tertiary/aromatic N) is 1. The second-order valence-electron chi connectivity index (χ2n) is 5.07. The van der Waals surface area contributed by atoms with Gasteiger partial charge in [0.2, 0.25) is 5.91 Å². The van der Waals surface area contributed by atoms with E-state index in [2.05, 4.69) is 29.2 Å². The van der Waals surface area contributed by atoms with Crippen molar-refractivity contribution < 1.29 is 4.79 Å². The lowest BCUT2D eigenvalue weighted by molar-refractivity contribution is -0.132. The molecule has 3 rings (SSSR count). The minimum absolute atomic E-state index is 0.116. The minimum Gasteiger partial charge on any atom is -0.335 e. The van der Waals surface area contributed by atoms with Gasteiger partial charge in [-0.1, -0.05) is 24.3 Å². The van der Waals surface area contributed by atoms with E-state index in [9.17, 15) is 4.79 Å². The summed E-state index contributed by atoms with van der Waals surface area (Å²) in [6.45, 7) is 0.142. The van der Waals surface area contributed by atoms with Gasteiger partial charge in [0.25, 0.3) is 0 Å². The average molecular weight is 230 g/mol. The van der Waals surface area contributed by atoms with E-state index in [1.807, 2.05) is 0 Å². The fourth-order valence-corrected chi connectivity index (χ4v) is 2.90. The average Bonchev–Trinajstić information content (AvgIpc) is 3.08. The number of carbonyl (C=O) groups is 1. The van der Waals surface area contributed by atoms with Gasteiger partial charge in [0.15, 0.2) is 0 Å². The van der Waals surface area contributed by atoms with Crippen molar-refractivity contribution in [3.8, 4) is 0 Å². The molecule has 0 unspecified atom stereocenters. The number of fused-ring (bicyclic) bond motifs is 1. The van der Waals surface area contributed by atoms with Crippen molar-refractivity contribution in [3.63, 3.8) is 0 Å². The molecule has 1 fully saturated rings. The zero-order valence-electron chi connectivity index (χ0n) is 9.93. The van der Waals surface area contributed by atoms with E-state index in [1.165, 1.54) is 11.1 Å². The molecule has 2 aliphatic rings. The number of benzene rings is 1. The number of nitrogens with two attached hydrogens (primary N) is 1. The van der Waals surface area contributed by atoms with Gasteiger partial charge in [-0.25, -0.2) is 0 Å². The molecule has 2 N–H and O–H groups in total. The molecule has 1 aromatic carbocycles. The van der Waals surface area contributed by atoms with Crippen LogP contribution >= 0.6 is 0 Å². The Morgan fingerprint density at radius 1 is 1.18 bits per heavy atom. The second kappa shape index (κ2) is 4.15. The van der Waals surface area contributed by atoms with E-state index in [4.69, 9.17) is 5.73 Å². The molecule has 90 valence electrons. The number of amides is 1. The molecule has 0 spiro atoms. The van der Waals surface area contributed by atoms with Crippen LogP contribution in [0.3, 0.4) is 0 Å². The third-order valence-electron chi connectivity index (χ3n) is 3.83. The van der Waals surface area contributed by atoms with Crippen LogP contribution in [-0.4, -0.2) is 29.4 Å². The van der Waals surface area contributed by atoms with Crippen molar-refractivity contribution in [3.05, 3.63) is 35.4 Å². The number of rotatable bonds is 3. The molecule has 3 heteroatoms. The van der Waals surface area contributed by atoms with Crippen molar-refractivity contribution in [1.29, 1.82) is 0 Å². The summed E-state index contributed by atoms with van der Waals surface area (Å²) in [5, 5.41) is 0. The van der Waals surface area contributed by atoms with E-state index in [-0.39, 0.29) is 12.5 Å². The molecule has 0 aromatic heterocycles. The summed E-state index contributed by atoms with van der Waals surface area (Å²) in [7, 11) is 0. The molecule has 3 nitrogen and oxygen atoms in total. The van der Waals surface area contributed by atoms with Gasteiger partial charge in [-0.05, 0) is 36.8 Å². The molecule has 2 aliphatic carbocycles. The highest BCUT2D eigenvalue weighted by molar-refractivity contribution is 5.79. The summed E-state index contributed by atoms with van der Waals surface area (Å²) in [5.41, 5.74) is 8.31. The molecule has 0 saturated heterocycles. The fraction of sp³-hybridized carbons (Fsp3) is 0.500. The molecule has 0 aliphatic heterocycles. The van der Waals surface area contributed by atoms with Gasteiger partial charge in [-0.3, -0.25) is 4.79 Å². The van der Waals surface area contributed by atoms with E-state index in [0.717, 1.165) is 25.7 Å². The SMILES string of the molecule is NCC(=O)N(C1CC1)C1Cc2ccccc2C1. The predicted molar refractivity (Wildman–Crippen MR) is 66.6 cm³/mol. The normalized spacial score (nSPS) is 19.1. The smallest absolute Gasteiger partial charge is 0.236 e. The maximum absolute atomic E-state index is 11.9. The number of hydrogen-bond acceptors (Lipinski definition) is 2. The molecule has 0 atom stereocenters. The second-order valence-corrected chi connectivity index (χ2v) is 5.07. The lowest BCUT2D eigenvalue weighted by Crippen LogP contribution is -2.45. The summed E-state index contributed by atoms with van der Waals surface area (Å²) in [6.07, 6.45) is 4.30.